The molecule has 0 spiro atoms. The molecule has 1 amide bonds. The smallest absolute Gasteiger partial charge is 0.280 e. The van der Waals surface area contributed by atoms with Crippen molar-refractivity contribution in [2.75, 3.05) is 10.6 Å². The molecule has 0 atom stereocenters. The van der Waals surface area contributed by atoms with E-state index >= 15 is 0 Å². The normalized spacial score (nSPS) is 11.4. The van der Waals surface area contributed by atoms with E-state index in [1.54, 1.807) is 0 Å². The summed E-state index contributed by atoms with van der Waals surface area (Å²) in [6.45, 7) is -0.804. The van der Waals surface area contributed by atoms with Gasteiger partial charge in [-0.1, -0.05) is 11.6 Å². The topological polar surface area (TPSA) is 82.2 Å². The van der Waals surface area contributed by atoms with Gasteiger partial charge in [-0.15, -0.1) is 0 Å². The van der Waals surface area contributed by atoms with E-state index in [0.29, 0.717) is 6.07 Å². The molecule has 1 aromatic heterocycles. The zero-order valence-corrected chi connectivity index (χ0v) is 15.2. The minimum atomic E-state index is -1.22. The summed E-state index contributed by atoms with van der Waals surface area (Å²) in [4.78, 5) is 16.1. The number of nitrogens with one attached hydrogen (secondary N) is 3. The molecule has 150 valence electrons. The van der Waals surface area contributed by atoms with Crippen LogP contribution in [-0.4, -0.2) is 22.1 Å². The monoisotopic (exact) mass is 425 g/mol. The zero-order chi connectivity index (χ0) is 21.0. The maximum Gasteiger partial charge on any atom is 0.280 e. The summed E-state index contributed by atoms with van der Waals surface area (Å²) in [6.07, 6.45) is 0. The number of carbonyl (C=O) groups is 1. The Hall–Kier alpha value is -3.40. The molecule has 0 aliphatic heterocycles. The van der Waals surface area contributed by atoms with Crippen molar-refractivity contribution in [1.29, 1.82) is 0 Å². The summed E-state index contributed by atoms with van der Waals surface area (Å²) in [5.74, 6) is -4.05. The molecule has 0 unspecified atom stereocenters. The predicted molar refractivity (Wildman–Crippen MR) is 100 cm³/mol. The van der Waals surface area contributed by atoms with Crippen LogP contribution in [0.5, 0.6) is 0 Å². The first kappa shape index (κ1) is 20.3. The molecule has 11 heteroatoms. The average molecular weight is 426 g/mol. The third-order valence-electron chi connectivity index (χ3n) is 3.53. The number of alkyl halides is 1. The lowest BCUT2D eigenvalue weighted by Gasteiger charge is -2.11. The van der Waals surface area contributed by atoms with E-state index in [2.05, 4.69) is 25.8 Å². The van der Waals surface area contributed by atoms with Crippen LogP contribution in [0.4, 0.5) is 29.1 Å². The van der Waals surface area contributed by atoms with Crippen LogP contribution >= 0.6 is 11.6 Å². The number of nitrogens with zero attached hydrogens (tertiary/aromatic N) is 2. The Morgan fingerprint density at radius 3 is 2.52 bits per heavy atom. The molecular formula is C18H12ClF4N5O. The first-order valence-electron chi connectivity index (χ1n) is 8.02. The van der Waals surface area contributed by atoms with Crippen LogP contribution < -0.4 is 10.6 Å². The number of hydrogen-bond acceptors (Lipinski definition) is 2. The number of amides is 1. The Balaban J connectivity index is 1.92. The van der Waals surface area contributed by atoms with Crippen LogP contribution in [0.1, 0.15) is 16.1 Å². The van der Waals surface area contributed by atoms with Gasteiger partial charge in [-0.25, -0.2) is 17.6 Å². The molecule has 1 heterocycles. The van der Waals surface area contributed by atoms with Gasteiger partial charge in [-0.3, -0.25) is 9.89 Å². The second kappa shape index (κ2) is 8.74. The minimum Gasteiger partial charge on any atom is -0.325 e. The van der Waals surface area contributed by atoms with Crippen LogP contribution in [0.25, 0.3) is 0 Å². The van der Waals surface area contributed by atoms with Crippen molar-refractivity contribution >= 4 is 35.0 Å². The lowest BCUT2D eigenvalue weighted by Crippen LogP contribution is -2.24. The Kier molecular flexibility index (Phi) is 6.13. The third-order valence-corrected chi connectivity index (χ3v) is 3.74. The van der Waals surface area contributed by atoms with Crippen molar-refractivity contribution in [3.05, 3.63) is 76.2 Å². The fraction of sp³-hybridized carbons (Fsp3) is 0.0556. The Morgan fingerprint density at radius 1 is 1.07 bits per heavy atom. The number of carbonyl (C=O) groups excluding carboxylic acids is 1. The zero-order valence-electron chi connectivity index (χ0n) is 14.4. The fourth-order valence-electron chi connectivity index (χ4n) is 2.26. The van der Waals surface area contributed by atoms with Crippen LogP contribution in [0.3, 0.4) is 0 Å². The number of guanidine groups is 1. The molecule has 0 saturated heterocycles. The third kappa shape index (κ3) is 5.32. The van der Waals surface area contributed by atoms with Gasteiger partial charge in [0.2, 0.25) is 5.96 Å². The van der Waals surface area contributed by atoms with E-state index in [9.17, 15) is 22.4 Å². The summed E-state index contributed by atoms with van der Waals surface area (Å²) in [7, 11) is 0. The van der Waals surface area contributed by atoms with E-state index in [0.717, 1.165) is 24.3 Å². The van der Waals surface area contributed by atoms with Crippen LogP contribution in [-0.2, 0) is 6.67 Å². The van der Waals surface area contributed by atoms with Gasteiger partial charge in [0.25, 0.3) is 5.91 Å². The number of anilines is 2. The molecule has 0 aliphatic carbocycles. The van der Waals surface area contributed by atoms with E-state index in [4.69, 9.17) is 11.6 Å². The van der Waals surface area contributed by atoms with Crippen LogP contribution in [0.15, 0.2) is 47.5 Å². The minimum absolute atomic E-state index is 0.0817. The second-order valence-corrected chi connectivity index (χ2v) is 6.15. The maximum absolute atomic E-state index is 13.6. The quantitative estimate of drug-likeness (QED) is 0.322. The maximum atomic E-state index is 13.6. The Morgan fingerprint density at radius 2 is 1.86 bits per heavy atom. The largest absolute Gasteiger partial charge is 0.325 e. The number of rotatable bonds is 4. The van der Waals surface area contributed by atoms with Crippen molar-refractivity contribution in [3.8, 4) is 0 Å². The van der Waals surface area contributed by atoms with E-state index < -0.39 is 30.0 Å². The summed E-state index contributed by atoms with van der Waals surface area (Å²) in [5.41, 5.74) is 0.0712. The molecule has 2 aromatic carbocycles. The summed E-state index contributed by atoms with van der Waals surface area (Å²) < 4.78 is 52.7. The molecule has 0 aliphatic rings. The van der Waals surface area contributed by atoms with Gasteiger partial charge >= 0.3 is 0 Å². The number of aliphatic imine (C=N–C) groups is 1. The van der Waals surface area contributed by atoms with Crippen molar-refractivity contribution < 1.29 is 22.4 Å². The number of H-pyrrole nitrogens is 1. The molecule has 6 nitrogen and oxygen atoms in total. The molecular weight excluding hydrogens is 414 g/mol. The first-order chi connectivity index (χ1) is 13.8. The number of halogens is 5. The lowest BCUT2D eigenvalue weighted by atomic mass is 10.2. The van der Waals surface area contributed by atoms with E-state index in [1.807, 2.05) is 0 Å². The predicted octanol–water partition coefficient (Wildman–Crippen LogP) is 4.67. The highest BCUT2D eigenvalue weighted by molar-refractivity contribution is 6.31. The van der Waals surface area contributed by atoms with Gasteiger partial charge in [0.1, 0.15) is 12.5 Å². The second-order valence-electron chi connectivity index (χ2n) is 5.71. The van der Waals surface area contributed by atoms with Crippen molar-refractivity contribution in [2.45, 2.75) is 6.67 Å². The highest BCUT2D eigenvalue weighted by Gasteiger charge is 2.13. The average Bonchev–Trinajstić information content (AvgIpc) is 3.10. The lowest BCUT2D eigenvalue weighted by molar-refractivity contribution is 0.100. The first-order valence-corrected chi connectivity index (χ1v) is 8.40. The SMILES string of the molecule is O=C(/N=C(/Nc1cc(F)cc(Cl)c1)Nc1cc(CF)[nH]n1)c1ccc(F)c(F)c1. The molecule has 29 heavy (non-hydrogen) atoms. The highest BCUT2D eigenvalue weighted by Crippen LogP contribution is 2.19. The summed E-state index contributed by atoms with van der Waals surface area (Å²) in [6, 6.07) is 7.36. The van der Waals surface area contributed by atoms with Gasteiger partial charge in [0, 0.05) is 22.3 Å². The fourth-order valence-corrected chi connectivity index (χ4v) is 2.48. The van der Waals surface area contributed by atoms with E-state index in [1.165, 1.54) is 12.1 Å². The highest BCUT2D eigenvalue weighted by atomic mass is 35.5. The number of hydrogen-bond donors (Lipinski definition) is 3. The van der Waals surface area contributed by atoms with Crippen molar-refractivity contribution in [1.82, 2.24) is 10.2 Å². The molecule has 3 aromatic rings. The van der Waals surface area contributed by atoms with Gasteiger partial charge in [-0.2, -0.15) is 10.1 Å². The molecule has 0 bridgehead atoms. The van der Waals surface area contributed by atoms with E-state index in [-0.39, 0.29) is 33.7 Å². The molecule has 3 N–H and O–H groups in total. The van der Waals surface area contributed by atoms with Gasteiger partial charge in [0.15, 0.2) is 17.5 Å². The Bertz CT molecular complexity index is 1070. The number of benzene rings is 2. The van der Waals surface area contributed by atoms with Crippen molar-refractivity contribution in [3.63, 3.8) is 0 Å². The molecule has 0 fully saturated rings. The van der Waals surface area contributed by atoms with Crippen LogP contribution in [0.2, 0.25) is 5.02 Å². The molecule has 0 radical (unpaired) electrons. The number of aromatic amines is 1. The van der Waals surface area contributed by atoms with Gasteiger partial charge < -0.3 is 10.6 Å². The van der Waals surface area contributed by atoms with Gasteiger partial charge in [0.05, 0.1) is 5.69 Å². The molecule has 0 saturated carbocycles. The van der Waals surface area contributed by atoms with Gasteiger partial charge in [-0.05, 0) is 36.4 Å². The number of aromatic nitrogens is 2. The molecule has 3 rings (SSSR count). The Labute approximate surface area is 166 Å². The standard InChI is InChI=1S/C18H12ClF4N5O/c19-10-4-11(21)6-12(5-10)24-18(25-16-7-13(8-20)27-28-16)26-17(29)9-1-2-14(22)15(23)3-9/h1-7H,8H2,(H3,24,25,26,27,28,29). The van der Waals surface area contributed by atoms with Crippen molar-refractivity contribution in [2.24, 2.45) is 4.99 Å². The summed E-state index contributed by atoms with van der Waals surface area (Å²) >= 11 is 5.81. The van der Waals surface area contributed by atoms with Crippen LogP contribution in [0, 0.1) is 17.5 Å². The summed E-state index contributed by atoms with van der Waals surface area (Å²) in [5, 5.41) is 11.6.